The molecular formula is C56H51Cl3N6O7S. The second-order valence-electron chi connectivity index (χ2n) is 19.3. The second kappa shape index (κ2) is 20.5. The Labute approximate surface area is 439 Å². The summed E-state index contributed by atoms with van der Waals surface area (Å²) in [4.78, 5) is 60.1. The predicted molar refractivity (Wildman–Crippen MR) is 283 cm³/mol. The maximum atomic E-state index is 14.8. The molecule has 3 heterocycles. The molecule has 7 aromatic rings. The number of hydrogen-bond acceptors (Lipinski definition) is 8. The third kappa shape index (κ3) is 10.9. The Kier molecular flexibility index (Phi) is 14.3. The van der Waals surface area contributed by atoms with Crippen LogP contribution in [0.5, 0.6) is 0 Å². The van der Waals surface area contributed by atoms with Crippen LogP contribution in [0.3, 0.4) is 0 Å². The SMILES string of the molecule is Cc1c(Cl)c(C(=O)N(Cc2ccc(-c3ccc(CC(=O)O)cc3)cc2)C(C)(C)C)nn1-c1ccc(C(=O)NS(=O)(=O)c2ccc3c(c2)CCN3Cc2ccc(Cl)c(Cl)c2)cc1C(=O)N1CCc2ccccc2C1. The van der Waals surface area contributed by atoms with Crippen molar-refractivity contribution in [2.45, 2.75) is 77.0 Å². The molecule has 0 aliphatic carbocycles. The number of aliphatic carboxylic acids is 1. The van der Waals surface area contributed by atoms with Crippen molar-refractivity contribution in [2.24, 2.45) is 0 Å². The Bertz CT molecular complexity index is 3450. The van der Waals surface area contributed by atoms with Crippen molar-refractivity contribution < 1.29 is 32.7 Å². The third-order valence-corrected chi connectivity index (χ3v) is 15.8. The largest absolute Gasteiger partial charge is 0.481 e. The molecule has 0 atom stereocenters. The molecule has 2 N–H and O–H groups in total. The standard InChI is InChI=1S/C56H51Cl3N6O7S/c1-34-51(59)52(55(70)64(56(2,3)4)32-36-11-16-40(17-12-36)39-14-9-35(10-15-39)28-50(66)67)60-65(34)49-21-18-42(30-45(49)54(69)63-26-23-38-7-5-6-8-43(38)33-63)53(68)61-73(71,72)44-19-22-48-41(29-44)24-25-62(48)31-37-13-20-46(57)47(58)27-37/h5-22,27,29-30H,23-26,28,31-33H2,1-4H3,(H,61,68)(H,66,67). The highest BCUT2D eigenvalue weighted by Gasteiger charge is 2.34. The van der Waals surface area contributed by atoms with Gasteiger partial charge in [0.25, 0.3) is 27.7 Å². The monoisotopic (exact) mass is 1060 g/mol. The first-order valence-corrected chi connectivity index (χ1v) is 26.2. The molecule has 73 heavy (non-hydrogen) atoms. The van der Waals surface area contributed by atoms with Crippen LogP contribution < -0.4 is 9.62 Å². The zero-order chi connectivity index (χ0) is 51.9. The van der Waals surface area contributed by atoms with E-state index in [9.17, 15) is 27.6 Å². The van der Waals surface area contributed by atoms with Gasteiger partial charge in [0, 0.05) is 49.5 Å². The summed E-state index contributed by atoms with van der Waals surface area (Å²) >= 11 is 19.4. The Balaban J connectivity index is 0.991. The summed E-state index contributed by atoms with van der Waals surface area (Å²) in [6.45, 7) is 9.48. The first-order chi connectivity index (χ1) is 34.7. The lowest BCUT2D eigenvalue weighted by atomic mass is 9.98. The van der Waals surface area contributed by atoms with Crippen LogP contribution in [0.4, 0.5) is 5.69 Å². The molecule has 0 bridgehead atoms. The number of rotatable bonds is 13. The molecule has 2 aliphatic rings. The molecule has 1 aromatic heterocycles. The first-order valence-electron chi connectivity index (χ1n) is 23.6. The van der Waals surface area contributed by atoms with E-state index in [0.29, 0.717) is 60.3 Å². The van der Waals surface area contributed by atoms with Crippen LogP contribution in [0.2, 0.25) is 15.1 Å². The van der Waals surface area contributed by atoms with Gasteiger partial charge in [0.15, 0.2) is 5.69 Å². The quantitative estimate of drug-likeness (QED) is 0.114. The van der Waals surface area contributed by atoms with E-state index in [0.717, 1.165) is 44.6 Å². The summed E-state index contributed by atoms with van der Waals surface area (Å²) in [6, 6.07) is 37.4. The molecule has 17 heteroatoms. The van der Waals surface area contributed by atoms with E-state index in [2.05, 4.69) is 9.62 Å². The van der Waals surface area contributed by atoms with Crippen molar-refractivity contribution in [1.29, 1.82) is 0 Å². The number of carbonyl (C=O) groups excluding carboxylic acids is 3. The number of aromatic nitrogens is 2. The van der Waals surface area contributed by atoms with Gasteiger partial charge in [-0.15, -0.1) is 0 Å². The lowest BCUT2D eigenvalue weighted by molar-refractivity contribution is -0.136. The highest BCUT2D eigenvalue weighted by Crippen LogP contribution is 2.34. The number of fused-ring (bicyclic) bond motifs is 2. The molecule has 0 spiro atoms. The number of carbonyl (C=O) groups is 4. The van der Waals surface area contributed by atoms with Crippen LogP contribution in [0.1, 0.15) is 91.1 Å². The molecule has 3 amide bonds. The van der Waals surface area contributed by atoms with Crippen molar-refractivity contribution in [3.8, 4) is 16.8 Å². The molecule has 0 radical (unpaired) electrons. The molecule has 13 nitrogen and oxygen atoms in total. The van der Waals surface area contributed by atoms with Crippen molar-refractivity contribution >= 4 is 74.2 Å². The second-order valence-corrected chi connectivity index (χ2v) is 22.2. The van der Waals surface area contributed by atoms with E-state index < -0.39 is 39.3 Å². The summed E-state index contributed by atoms with van der Waals surface area (Å²) in [5.41, 5.74) is 7.91. The Hall–Kier alpha value is -6.97. The number of nitrogens with one attached hydrogen (secondary N) is 1. The van der Waals surface area contributed by atoms with Crippen molar-refractivity contribution in [3.63, 3.8) is 0 Å². The van der Waals surface area contributed by atoms with Gasteiger partial charge >= 0.3 is 5.97 Å². The number of carboxylic acids is 1. The van der Waals surface area contributed by atoms with Gasteiger partial charge in [-0.1, -0.05) is 114 Å². The van der Waals surface area contributed by atoms with Crippen LogP contribution in [0.15, 0.2) is 132 Å². The van der Waals surface area contributed by atoms with E-state index in [-0.39, 0.29) is 45.4 Å². The van der Waals surface area contributed by atoms with Crippen LogP contribution in [-0.2, 0) is 53.7 Å². The maximum absolute atomic E-state index is 14.8. The highest BCUT2D eigenvalue weighted by molar-refractivity contribution is 7.90. The topological polar surface area (TPSA) is 162 Å². The van der Waals surface area contributed by atoms with E-state index in [1.165, 1.54) is 28.9 Å². The van der Waals surface area contributed by atoms with E-state index in [4.69, 9.17) is 45.0 Å². The number of amides is 3. The van der Waals surface area contributed by atoms with Gasteiger partial charge in [-0.25, -0.2) is 17.8 Å². The zero-order valence-electron chi connectivity index (χ0n) is 40.5. The number of nitrogens with zero attached hydrogens (tertiary/aromatic N) is 5. The van der Waals surface area contributed by atoms with Gasteiger partial charge in [0.1, 0.15) is 0 Å². The normalized spacial score (nSPS) is 13.4. The van der Waals surface area contributed by atoms with Crippen LogP contribution in [0.25, 0.3) is 16.8 Å². The highest BCUT2D eigenvalue weighted by atomic mass is 35.5. The van der Waals surface area contributed by atoms with E-state index in [1.54, 1.807) is 53.1 Å². The lowest BCUT2D eigenvalue weighted by Crippen LogP contribution is -2.45. The van der Waals surface area contributed by atoms with Gasteiger partial charge in [0.2, 0.25) is 0 Å². The van der Waals surface area contributed by atoms with Crippen molar-refractivity contribution in [3.05, 3.63) is 198 Å². The van der Waals surface area contributed by atoms with Crippen LogP contribution in [-0.4, -0.2) is 75.4 Å². The van der Waals surface area contributed by atoms with Crippen LogP contribution in [0, 0.1) is 6.92 Å². The van der Waals surface area contributed by atoms with Crippen molar-refractivity contribution in [2.75, 3.05) is 18.0 Å². The van der Waals surface area contributed by atoms with Gasteiger partial charge in [-0.2, -0.15) is 5.10 Å². The molecule has 9 rings (SSSR count). The fourth-order valence-corrected chi connectivity index (χ4v) is 10.9. The minimum Gasteiger partial charge on any atom is -0.481 e. The fourth-order valence-electron chi connectivity index (χ4n) is 9.32. The molecule has 0 fully saturated rings. The maximum Gasteiger partial charge on any atom is 0.307 e. The number of carboxylic acid groups (broad SMARTS) is 1. The average molecular weight is 1060 g/mol. The first kappa shape index (κ1) is 51.0. The smallest absolute Gasteiger partial charge is 0.307 e. The predicted octanol–water partition coefficient (Wildman–Crippen LogP) is 10.8. The summed E-state index contributed by atoms with van der Waals surface area (Å²) in [7, 11) is -4.39. The summed E-state index contributed by atoms with van der Waals surface area (Å²) in [5, 5.41) is 14.9. The molecule has 2 aliphatic heterocycles. The van der Waals surface area contributed by atoms with Gasteiger partial charge in [-0.05, 0) is 134 Å². The van der Waals surface area contributed by atoms with Gasteiger partial charge in [-0.3, -0.25) is 19.2 Å². The minimum absolute atomic E-state index is 0.0442. The third-order valence-electron chi connectivity index (χ3n) is 13.3. The molecule has 374 valence electrons. The minimum atomic E-state index is -4.39. The Morgan fingerprint density at radius 3 is 2.04 bits per heavy atom. The Morgan fingerprint density at radius 1 is 0.726 bits per heavy atom. The van der Waals surface area contributed by atoms with E-state index in [1.807, 2.05) is 87.5 Å². The fraction of sp³-hybridized carbons (Fsp3) is 0.232. The molecule has 0 saturated carbocycles. The van der Waals surface area contributed by atoms with Gasteiger partial charge in [0.05, 0.1) is 43.3 Å². The molecule has 6 aromatic carbocycles. The number of hydrogen-bond donors (Lipinski definition) is 2. The van der Waals surface area contributed by atoms with Gasteiger partial charge < -0.3 is 19.8 Å². The molecule has 0 unspecified atom stereocenters. The summed E-state index contributed by atoms with van der Waals surface area (Å²) in [6.07, 6.45) is 1.12. The number of benzene rings is 6. The number of anilines is 1. The summed E-state index contributed by atoms with van der Waals surface area (Å²) in [5.74, 6) is -2.73. The molecular weight excluding hydrogens is 1010 g/mol. The van der Waals surface area contributed by atoms with Crippen molar-refractivity contribution in [1.82, 2.24) is 24.3 Å². The molecule has 0 saturated heterocycles. The number of sulfonamides is 1. The lowest BCUT2D eigenvalue weighted by Gasteiger charge is -2.35. The zero-order valence-corrected chi connectivity index (χ0v) is 43.5. The Morgan fingerprint density at radius 2 is 1.37 bits per heavy atom. The summed E-state index contributed by atoms with van der Waals surface area (Å²) < 4.78 is 31.4. The number of halogens is 3. The van der Waals surface area contributed by atoms with Crippen LogP contribution >= 0.6 is 34.8 Å². The van der Waals surface area contributed by atoms with E-state index >= 15 is 0 Å². The average Bonchev–Trinajstić information content (AvgIpc) is 3.91.